The van der Waals surface area contributed by atoms with Crippen molar-refractivity contribution in [3.63, 3.8) is 0 Å². The third-order valence-electron chi connectivity index (χ3n) is 4.52. The number of rotatable bonds is 11. The summed E-state index contributed by atoms with van der Waals surface area (Å²) in [4.78, 5) is 13.5. The number of furan rings is 1. The lowest BCUT2D eigenvalue weighted by atomic mass is 10.1. The van der Waals surface area contributed by atoms with E-state index in [2.05, 4.69) is 22.4 Å². The predicted molar refractivity (Wildman–Crippen MR) is 106 cm³/mol. The lowest BCUT2D eigenvalue weighted by Crippen LogP contribution is -3.12. The second kappa shape index (κ2) is 10.4. The molecule has 0 aliphatic heterocycles. The highest BCUT2D eigenvalue weighted by atomic mass is 16.5. The number of aromatic nitrogens is 2. The Morgan fingerprint density at radius 3 is 2.83 bits per heavy atom. The van der Waals surface area contributed by atoms with E-state index >= 15 is 0 Å². The summed E-state index contributed by atoms with van der Waals surface area (Å²) in [6.07, 6.45) is 3.22. The molecule has 0 aliphatic rings. The molecule has 29 heavy (non-hydrogen) atoms. The first kappa shape index (κ1) is 20.6. The van der Waals surface area contributed by atoms with Crippen molar-refractivity contribution in [2.45, 2.75) is 26.3 Å². The second-order valence-electron chi connectivity index (χ2n) is 6.74. The largest absolute Gasteiger partial charge is 0.496 e. The van der Waals surface area contributed by atoms with Crippen molar-refractivity contribution in [1.29, 1.82) is 0 Å². The summed E-state index contributed by atoms with van der Waals surface area (Å²) in [5.41, 5.74) is 1.07. The number of methoxy groups -OCH3 is 1. The molecule has 1 aromatic carbocycles. The van der Waals surface area contributed by atoms with Gasteiger partial charge in [0.1, 0.15) is 5.75 Å². The molecular formula is C21H27N4O4+. The van der Waals surface area contributed by atoms with Crippen molar-refractivity contribution in [1.82, 2.24) is 15.5 Å². The highest BCUT2D eigenvalue weighted by molar-refractivity contribution is 5.76. The van der Waals surface area contributed by atoms with E-state index in [4.69, 9.17) is 13.6 Å². The lowest BCUT2D eigenvalue weighted by molar-refractivity contribution is -0.907. The highest BCUT2D eigenvalue weighted by Gasteiger charge is 2.19. The molecule has 2 aromatic heterocycles. The minimum atomic E-state index is -0.00544. The van der Waals surface area contributed by atoms with Crippen molar-refractivity contribution in [2.24, 2.45) is 0 Å². The van der Waals surface area contributed by atoms with Crippen LogP contribution in [0.25, 0.3) is 11.7 Å². The molecule has 1 amide bonds. The average Bonchev–Trinajstić information content (AvgIpc) is 3.40. The number of para-hydroxylation sites is 1. The van der Waals surface area contributed by atoms with Gasteiger partial charge in [-0.15, -0.1) is 10.2 Å². The second-order valence-corrected chi connectivity index (χ2v) is 6.74. The summed E-state index contributed by atoms with van der Waals surface area (Å²) in [7, 11) is 1.65. The van der Waals surface area contributed by atoms with Crippen LogP contribution in [-0.4, -0.2) is 42.8 Å². The molecule has 0 fully saturated rings. The average molecular weight is 399 g/mol. The predicted octanol–water partition coefficient (Wildman–Crippen LogP) is 1.49. The van der Waals surface area contributed by atoms with Crippen LogP contribution in [0.3, 0.4) is 0 Å². The molecule has 2 N–H and O–H groups in total. The number of hydrogen-bond acceptors (Lipinski definition) is 6. The molecular weight excluding hydrogens is 372 g/mol. The zero-order chi connectivity index (χ0) is 20.5. The smallest absolute Gasteiger partial charge is 0.283 e. The summed E-state index contributed by atoms with van der Waals surface area (Å²) in [5, 5.41) is 11.1. The Kier molecular flexibility index (Phi) is 7.40. The Labute approximate surface area is 169 Å². The van der Waals surface area contributed by atoms with Gasteiger partial charge in [-0.3, -0.25) is 4.79 Å². The van der Waals surface area contributed by atoms with Crippen LogP contribution < -0.4 is 15.0 Å². The van der Waals surface area contributed by atoms with Gasteiger partial charge in [0.15, 0.2) is 18.8 Å². The van der Waals surface area contributed by atoms with Crippen LogP contribution in [0, 0.1) is 0 Å². The minimum absolute atomic E-state index is 0.00544. The fourth-order valence-corrected chi connectivity index (χ4v) is 3.17. The number of nitrogens with one attached hydrogen (secondary N) is 2. The lowest BCUT2D eigenvalue weighted by Gasteiger charge is -2.16. The molecule has 1 unspecified atom stereocenters. The molecule has 8 nitrogen and oxygen atoms in total. The third-order valence-corrected chi connectivity index (χ3v) is 4.52. The molecule has 0 aliphatic carbocycles. The first-order chi connectivity index (χ1) is 14.2. The van der Waals surface area contributed by atoms with Crippen LogP contribution in [0.4, 0.5) is 0 Å². The van der Waals surface area contributed by atoms with Gasteiger partial charge in [0, 0.05) is 6.54 Å². The van der Waals surface area contributed by atoms with Crippen molar-refractivity contribution < 1.29 is 23.3 Å². The number of carbonyl (C=O) groups is 1. The Morgan fingerprint density at radius 1 is 1.21 bits per heavy atom. The number of carbonyl (C=O) groups excluding carboxylic acids is 1. The molecule has 0 saturated carbocycles. The fraction of sp³-hybridized carbons (Fsp3) is 0.381. The van der Waals surface area contributed by atoms with Crippen LogP contribution in [0.15, 0.2) is 51.5 Å². The molecule has 3 rings (SSSR count). The molecule has 8 heteroatoms. The molecule has 1 atom stereocenters. The molecule has 0 saturated heterocycles. The molecule has 154 valence electrons. The molecule has 0 bridgehead atoms. The summed E-state index contributed by atoms with van der Waals surface area (Å²) in [5.74, 6) is 2.21. The maximum absolute atomic E-state index is 12.4. The Morgan fingerprint density at radius 2 is 2.07 bits per heavy atom. The number of amides is 1. The van der Waals surface area contributed by atoms with Crippen molar-refractivity contribution >= 4 is 5.91 Å². The van der Waals surface area contributed by atoms with Crippen LogP contribution in [0.1, 0.15) is 24.8 Å². The van der Waals surface area contributed by atoms with Gasteiger partial charge >= 0.3 is 0 Å². The summed E-state index contributed by atoms with van der Waals surface area (Å²) < 4.78 is 16.3. The minimum Gasteiger partial charge on any atom is -0.496 e. The van der Waals surface area contributed by atoms with Gasteiger partial charge < -0.3 is 23.8 Å². The summed E-state index contributed by atoms with van der Waals surface area (Å²) in [6.45, 7) is 4.31. The van der Waals surface area contributed by atoms with E-state index in [0.717, 1.165) is 35.6 Å². The van der Waals surface area contributed by atoms with E-state index in [0.29, 0.717) is 37.2 Å². The molecule has 3 aromatic rings. The van der Waals surface area contributed by atoms with Crippen molar-refractivity contribution in [3.05, 3.63) is 54.1 Å². The number of hydrogen-bond donors (Lipinski definition) is 2. The molecule has 2 heterocycles. The van der Waals surface area contributed by atoms with Crippen molar-refractivity contribution in [2.75, 3.05) is 26.7 Å². The zero-order valence-electron chi connectivity index (χ0n) is 16.8. The van der Waals surface area contributed by atoms with E-state index in [1.54, 1.807) is 25.5 Å². The first-order valence-electron chi connectivity index (χ1n) is 9.78. The topological polar surface area (TPSA) is 94.8 Å². The number of quaternary nitrogens is 1. The van der Waals surface area contributed by atoms with Gasteiger partial charge in [0.2, 0.25) is 0 Å². The van der Waals surface area contributed by atoms with E-state index in [1.807, 2.05) is 24.3 Å². The van der Waals surface area contributed by atoms with Crippen molar-refractivity contribution in [3.8, 4) is 17.4 Å². The maximum Gasteiger partial charge on any atom is 0.283 e. The van der Waals surface area contributed by atoms with Crippen LogP contribution in [-0.2, 0) is 17.8 Å². The Hall–Kier alpha value is -3.13. The Balaban J connectivity index is 1.50. The quantitative estimate of drug-likeness (QED) is 0.507. The molecule has 0 radical (unpaired) electrons. The first-order valence-corrected chi connectivity index (χ1v) is 9.78. The van der Waals surface area contributed by atoms with E-state index < -0.39 is 0 Å². The monoisotopic (exact) mass is 399 g/mol. The van der Waals surface area contributed by atoms with E-state index in [1.165, 1.54) is 0 Å². The van der Waals surface area contributed by atoms with Gasteiger partial charge in [-0.25, -0.2) is 0 Å². The maximum atomic E-state index is 12.4. The standard InChI is InChI=1S/C21H26N4O4/c1-3-12-25(15-20-23-24-21(29-20)18-9-6-13-28-18)14-19(26)22-11-10-16-7-4-5-8-17(16)27-2/h4-9,13H,3,10-12,14-15H2,1-2H3,(H,22,26)/p+1. The normalized spacial score (nSPS) is 11.9. The highest BCUT2D eigenvalue weighted by Crippen LogP contribution is 2.18. The van der Waals surface area contributed by atoms with Gasteiger partial charge in [0.05, 0.1) is 19.9 Å². The Bertz CT molecular complexity index is 892. The van der Waals surface area contributed by atoms with Gasteiger partial charge in [-0.2, -0.15) is 0 Å². The molecule has 0 spiro atoms. The number of benzene rings is 1. The van der Waals surface area contributed by atoms with E-state index in [-0.39, 0.29) is 5.91 Å². The van der Waals surface area contributed by atoms with E-state index in [9.17, 15) is 4.79 Å². The SMILES string of the molecule is CCC[NH+](CC(=O)NCCc1ccccc1OC)Cc1nnc(-c2ccco2)o1. The zero-order valence-corrected chi connectivity index (χ0v) is 16.8. The summed E-state index contributed by atoms with van der Waals surface area (Å²) >= 11 is 0. The van der Waals surface area contributed by atoms with Crippen LogP contribution in [0.2, 0.25) is 0 Å². The summed E-state index contributed by atoms with van der Waals surface area (Å²) in [6, 6.07) is 11.4. The fourth-order valence-electron chi connectivity index (χ4n) is 3.17. The van der Waals surface area contributed by atoms with Gasteiger partial charge in [-0.05, 0) is 36.6 Å². The number of nitrogens with zero attached hydrogens (tertiary/aromatic N) is 2. The van der Waals surface area contributed by atoms with Crippen LogP contribution in [0.5, 0.6) is 5.75 Å². The van der Waals surface area contributed by atoms with Gasteiger partial charge in [0.25, 0.3) is 17.7 Å². The number of ether oxygens (including phenoxy) is 1. The van der Waals surface area contributed by atoms with Gasteiger partial charge in [-0.1, -0.05) is 25.1 Å². The third kappa shape index (κ3) is 5.92. The van der Waals surface area contributed by atoms with Crippen LogP contribution >= 0.6 is 0 Å².